The van der Waals surface area contributed by atoms with Crippen molar-refractivity contribution in [3.05, 3.63) is 70.3 Å². The van der Waals surface area contributed by atoms with E-state index in [2.05, 4.69) is 4.90 Å². The van der Waals surface area contributed by atoms with Crippen molar-refractivity contribution in [3.63, 3.8) is 0 Å². The standard InChI is InChI=1S/C27H33N3O5S/c1-4-14-29(15-5-2)24-25(31)22-8-6-7-9-23(22)26(32)27(24)36(33,34)30-18-16-28(17-19-30)20-10-12-21(35-3)13-11-20/h6-13H,4-5,14-19H2,1-3H3. The number of benzene rings is 2. The first-order chi connectivity index (χ1) is 17.3. The minimum Gasteiger partial charge on any atom is -0.497 e. The molecule has 1 fully saturated rings. The van der Waals surface area contributed by atoms with Crippen molar-refractivity contribution in [1.82, 2.24) is 9.21 Å². The number of sulfonamides is 1. The molecule has 0 aromatic heterocycles. The minimum atomic E-state index is -4.20. The predicted octanol–water partition coefficient (Wildman–Crippen LogP) is 3.56. The highest BCUT2D eigenvalue weighted by molar-refractivity contribution is 7.94. The molecule has 0 atom stereocenters. The molecule has 192 valence electrons. The van der Waals surface area contributed by atoms with Crippen LogP contribution in [0, 0.1) is 0 Å². The van der Waals surface area contributed by atoms with Gasteiger partial charge >= 0.3 is 0 Å². The lowest BCUT2D eigenvalue weighted by Gasteiger charge is -2.37. The number of methoxy groups -OCH3 is 1. The Labute approximate surface area is 213 Å². The van der Waals surface area contributed by atoms with Gasteiger partial charge in [0, 0.05) is 56.1 Å². The van der Waals surface area contributed by atoms with Crippen LogP contribution in [0.15, 0.2) is 59.1 Å². The van der Waals surface area contributed by atoms with Gasteiger partial charge in [0.2, 0.25) is 21.6 Å². The van der Waals surface area contributed by atoms with E-state index in [9.17, 15) is 18.0 Å². The lowest BCUT2D eigenvalue weighted by atomic mass is 9.91. The first-order valence-electron chi connectivity index (χ1n) is 12.4. The van der Waals surface area contributed by atoms with E-state index in [0.717, 1.165) is 24.3 Å². The molecule has 0 unspecified atom stereocenters. The third kappa shape index (κ3) is 4.77. The molecule has 4 rings (SSSR count). The number of Topliss-reactive ketones (excluding diaryl/α,β-unsaturated/α-hetero) is 2. The number of rotatable bonds is 9. The van der Waals surface area contributed by atoms with Crippen molar-refractivity contribution in [2.24, 2.45) is 0 Å². The summed E-state index contributed by atoms with van der Waals surface area (Å²) in [4.78, 5) is 30.8. The largest absolute Gasteiger partial charge is 0.497 e. The fourth-order valence-electron chi connectivity index (χ4n) is 4.85. The number of allylic oxidation sites excluding steroid dienone is 2. The Morgan fingerprint density at radius 3 is 1.92 bits per heavy atom. The third-order valence-corrected chi connectivity index (χ3v) is 8.57. The van der Waals surface area contributed by atoms with Gasteiger partial charge in [-0.05, 0) is 37.1 Å². The first kappa shape index (κ1) is 25.9. The Bertz CT molecular complexity index is 1260. The van der Waals surface area contributed by atoms with Crippen molar-refractivity contribution in [2.45, 2.75) is 26.7 Å². The highest BCUT2D eigenvalue weighted by Crippen LogP contribution is 2.34. The molecule has 1 saturated heterocycles. The summed E-state index contributed by atoms with van der Waals surface area (Å²) in [6.07, 6.45) is 1.45. The SMILES string of the molecule is CCCN(CCC)C1=C(S(=O)(=O)N2CCN(c3ccc(OC)cc3)CC2)C(=O)c2ccccc2C1=O. The van der Waals surface area contributed by atoms with E-state index in [1.165, 1.54) is 10.4 Å². The average Bonchev–Trinajstić information content (AvgIpc) is 2.90. The van der Waals surface area contributed by atoms with Gasteiger partial charge in [0.05, 0.1) is 7.11 Å². The third-order valence-electron chi connectivity index (χ3n) is 6.63. The van der Waals surface area contributed by atoms with Crippen molar-refractivity contribution in [1.29, 1.82) is 0 Å². The maximum absolute atomic E-state index is 14.0. The number of piperazine rings is 1. The normalized spacial score (nSPS) is 16.8. The molecule has 2 aromatic carbocycles. The highest BCUT2D eigenvalue weighted by Gasteiger charge is 2.44. The van der Waals surface area contributed by atoms with Gasteiger partial charge in [0.25, 0.3) is 0 Å². The van der Waals surface area contributed by atoms with Crippen LogP contribution in [0.3, 0.4) is 0 Å². The molecule has 0 spiro atoms. The van der Waals surface area contributed by atoms with Crippen LogP contribution in [-0.2, 0) is 10.0 Å². The van der Waals surface area contributed by atoms with Gasteiger partial charge in [-0.2, -0.15) is 4.31 Å². The number of nitrogens with zero attached hydrogens (tertiary/aromatic N) is 3. The second-order valence-corrected chi connectivity index (χ2v) is 10.8. The van der Waals surface area contributed by atoms with E-state index in [0.29, 0.717) is 26.2 Å². The molecular formula is C27H33N3O5S. The summed E-state index contributed by atoms with van der Waals surface area (Å²) in [6.45, 7) is 6.31. The quantitative estimate of drug-likeness (QED) is 0.509. The van der Waals surface area contributed by atoms with Crippen molar-refractivity contribution in [3.8, 4) is 5.75 Å². The fourth-order valence-corrected chi connectivity index (χ4v) is 6.56. The Morgan fingerprint density at radius 2 is 1.39 bits per heavy atom. The number of anilines is 1. The summed E-state index contributed by atoms with van der Waals surface area (Å²) < 4.78 is 34.5. The van der Waals surface area contributed by atoms with Crippen molar-refractivity contribution < 1.29 is 22.7 Å². The Kier molecular flexibility index (Phi) is 7.80. The van der Waals surface area contributed by atoms with E-state index in [1.54, 1.807) is 30.2 Å². The maximum atomic E-state index is 14.0. The maximum Gasteiger partial charge on any atom is 0.249 e. The molecule has 1 aliphatic carbocycles. The van der Waals surface area contributed by atoms with Crippen LogP contribution in [0.25, 0.3) is 0 Å². The molecule has 0 bridgehead atoms. The molecule has 0 radical (unpaired) electrons. The summed E-state index contributed by atoms with van der Waals surface area (Å²) in [7, 11) is -2.59. The summed E-state index contributed by atoms with van der Waals surface area (Å²) in [5, 5.41) is 0. The lowest BCUT2D eigenvalue weighted by Crippen LogP contribution is -2.50. The number of carbonyl (C=O) groups is 2. The number of hydrogen-bond acceptors (Lipinski definition) is 7. The summed E-state index contributed by atoms with van der Waals surface area (Å²) >= 11 is 0. The molecular weight excluding hydrogens is 478 g/mol. The zero-order chi connectivity index (χ0) is 25.9. The number of carbonyl (C=O) groups excluding carboxylic acids is 2. The van der Waals surface area contributed by atoms with Crippen LogP contribution in [-0.4, -0.2) is 75.6 Å². The first-order valence-corrected chi connectivity index (χ1v) is 13.8. The topological polar surface area (TPSA) is 87.2 Å². The van der Waals surface area contributed by atoms with Crippen LogP contribution in [0.2, 0.25) is 0 Å². The van der Waals surface area contributed by atoms with E-state index >= 15 is 0 Å². The van der Waals surface area contributed by atoms with Gasteiger partial charge in [-0.3, -0.25) is 9.59 Å². The molecule has 1 heterocycles. The summed E-state index contributed by atoms with van der Waals surface area (Å²) in [6, 6.07) is 14.1. The van der Waals surface area contributed by atoms with Crippen LogP contribution in [0.4, 0.5) is 5.69 Å². The van der Waals surface area contributed by atoms with Gasteiger partial charge in [0.15, 0.2) is 4.91 Å². The van der Waals surface area contributed by atoms with Crippen LogP contribution >= 0.6 is 0 Å². The lowest BCUT2D eigenvalue weighted by molar-refractivity contribution is 0.0945. The fraction of sp³-hybridized carbons (Fsp3) is 0.407. The summed E-state index contributed by atoms with van der Waals surface area (Å²) in [5.41, 5.74) is 1.40. The van der Waals surface area contributed by atoms with Crippen LogP contribution < -0.4 is 9.64 Å². The number of ketones is 2. The van der Waals surface area contributed by atoms with E-state index in [4.69, 9.17) is 4.74 Å². The van der Waals surface area contributed by atoms with Crippen LogP contribution in [0.1, 0.15) is 47.4 Å². The van der Waals surface area contributed by atoms with Gasteiger partial charge < -0.3 is 14.5 Å². The molecule has 0 N–H and O–H groups in total. The number of fused-ring (bicyclic) bond motifs is 1. The van der Waals surface area contributed by atoms with E-state index in [1.807, 2.05) is 38.1 Å². The molecule has 0 amide bonds. The minimum absolute atomic E-state index is 0.0139. The van der Waals surface area contributed by atoms with Gasteiger partial charge in [0.1, 0.15) is 11.4 Å². The van der Waals surface area contributed by atoms with Gasteiger partial charge in [-0.15, -0.1) is 0 Å². The Morgan fingerprint density at radius 1 is 0.833 bits per heavy atom. The van der Waals surface area contributed by atoms with Gasteiger partial charge in [-0.25, -0.2) is 8.42 Å². The monoisotopic (exact) mass is 511 g/mol. The zero-order valence-electron chi connectivity index (χ0n) is 21.1. The molecule has 9 heteroatoms. The average molecular weight is 512 g/mol. The molecule has 1 aliphatic heterocycles. The van der Waals surface area contributed by atoms with E-state index < -0.39 is 21.6 Å². The Hall–Kier alpha value is -3.17. The second kappa shape index (κ2) is 10.8. The predicted molar refractivity (Wildman–Crippen MR) is 140 cm³/mol. The Balaban J connectivity index is 1.69. The molecule has 8 nitrogen and oxygen atoms in total. The van der Waals surface area contributed by atoms with Crippen molar-refractivity contribution >= 4 is 27.3 Å². The number of hydrogen-bond donors (Lipinski definition) is 0. The smallest absolute Gasteiger partial charge is 0.249 e. The summed E-state index contributed by atoms with van der Waals surface area (Å²) in [5.74, 6) is -0.249. The van der Waals surface area contributed by atoms with Crippen LogP contribution in [0.5, 0.6) is 5.75 Å². The molecule has 2 aromatic rings. The van der Waals surface area contributed by atoms with E-state index in [-0.39, 0.29) is 34.8 Å². The second-order valence-electron chi connectivity index (χ2n) is 8.96. The molecule has 2 aliphatic rings. The zero-order valence-corrected chi connectivity index (χ0v) is 21.9. The highest BCUT2D eigenvalue weighted by atomic mass is 32.2. The number of ether oxygens (including phenoxy) is 1. The van der Waals surface area contributed by atoms with Crippen molar-refractivity contribution in [2.75, 3.05) is 51.3 Å². The molecule has 36 heavy (non-hydrogen) atoms. The van der Waals surface area contributed by atoms with Gasteiger partial charge in [-0.1, -0.05) is 38.1 Å². The molecule has 0 saturated carbocycles.